The molecule has 2 N–H and O–H groups in total. The molecule has 1 aliphatic carbocycles. The monoisotopic (exact) mass is 377 g/mol. The first-order chi connectivity index (χ1) is 12.2. The summed E-state index contributed by atoms with van der Waals surface area (Å²) in [6.45, 7) is 2.49. The molecule has 1 amide bonds. The van der Waals surface area contributed by atoms with Gasteiger partial charge in [0.25, 0.3) is 11.5 Å². The van der Waals surface area contributed by atoms with E-state index in [-0.39, 0.29) is 29.4 Å². The van der Waals surface area contributed by atoms with Crippen LogP contribution in [0.2, 0.25) is 0 Å². The molecule has 1 saturated heterocycles. The lowest BCUT2D eigenvalue weighted by Crippen LogP contribution is -2.46. The Morgan fingerprint density at radius 2 is 1.96 bits per heavy atom. The number of hydrogen-bond acceptors (Lipinski definition) is 4. The van der Waals surface area contributed by atoms with Gasteiger partial charge in [-0.3, -0.25) is 9.59 Å². The number of nitrogens with one attached hydrogen (secondary N) is 2. The van der Waals surface area contributed by atoms with Crippen LogP contribution in [0.25, 0.3) is 11.5 Å². The van der Waals surface area contributed by atoms with E-state index in [1.807, 2.05) is 0 Å². The number of hydrogen-bond donors (Lipinski definition) is 2. The predicted octanol–water partition coefficient (Wildman–Crippen LogP) is 2.66. The van der Waals surface area contributed by atoms with Crippen molar-refractivity contribution in [3.8, 4) is 11.5 Å². The number of aromatic nitrogens is 1. The van der Waals surface area contributed by atoms with Gasteiger partial charge in [0.05, 0.1) is 12.0 Å². The molecule has 2 aliphatic rings. The summed E-state index contributed by atoms with van der Waals surface area (Å²) in [5.41, 5.74) is 0.405. The minimum atomic E-state index is -0.368. The molecule has 4 rings (SSSR count). The largest absolute Gasteiger partial charge is 0.463 e. The van der Waals surface area contributed by atoms with E-state index in [1.165, 1.54) is 12.8 Å². The minimum Gasteiger partial charge on any atom is -0.463 e. The van der Waals surface area contributed by atoms with Crippen LogP contribution in [-0.2, 0) is 0 Å². The van der Waals surface area contributed by atoms with Gasteiger partial charge >= 0.3 is 0 Å². The average Bonchev–Trinajstić information content (AvgIpc) is 3.30. The fourth-order valence-electron chi connectivity index (χ4n) is 3.33. The van der Waals surface area contributed by atoms with Crippen LogP contribution >= 0.6 is 12.4 Å². The number of likely N-dealkylation sites (tertiary alicyclic amines) is 1. The molecule has 26 heavy (non-hydrogen) atoms. The Bertz CT molecular complexity index is 791. The van der Waals surface area contributed by atoms with Gasteiger partial charge in [-0.15, -0.1) is 12.4 Å². The molecule has 0 atom stereocenters. The van der Waals surface area contributed by atoms with Gasteiger partial charge in [0, 0.05) is 19.1 Å². The van der Waals surface area contributed by atoms with E-state index in [0.717, 1.165) is 25.3 Å². The number of carbonyl (C=O) groups is 1. The van der Waals surface area contributed by atoms with E-state index in [1.54, 1.807) is 35.4 Å². The Morgan fingerprint density at radius 3 is 2.58 bits per heavy atom. The molecule has 7 heteroatoms. The summed E-state index contributed by atoms with van der Waals surface area (Å²) >= 11 is 0. The average molecular weight is 378 g/mol. The van der Waals surface area contributed by atoms with Crippen molar-refractivity contribution in [2.75, 3.05) is 19.6 Å². The molecule has 1 saturated carbocycles. The Morgan fingerprint density at radius 1 is 1.19 bits per heavy atom. The Labute approximate surface area is 158 Å². The predicted molar refractivity (Wildman–Crippen MR) is 102 cm³/mol. The third-order valence-electron chi connectivity index (χ3n) is 5.10. The van der Waals surface area contributed by atoms with Crippen molar-refractivity contribution in [3.63, 3.8) is 0 Å². The lowest BCUT2D eigenvalue weighted by atomic mass is 10.0. The molecule has 6 nitrogen and oxygen atoms in total. The molecular formula is C19H24ClN3O3. The zero-order chi connectivity index (χ0) is 17.2. The van der Waals surface area contributed by atoms with Crippen LogP contribution in [0.5, 0.6) is 0 Å². The number of piperidine rings is 1. The van der Waals surface area contributed by atoms with Crippen LogP contribution in [0.4, 0.5) is 0 Å². The molecule has 0 spiro atoms. The summed E-state index contributed by atoms with van der Waals surface area (Å²) in [5, 5.41) is 3.60. The van der Waals surface area contributed by atoms with E-state index >= 15 is 0 Å². The van der Waals surface area contributed by atoms with Crippen molar-refractivity contribution < 1.29 is 9.21 Å². The highest BCUT2D eigenvalue weighted by atomic mass is 35.5. The second-order valence-corrected chi connectivity index (χ2v) is 7.01. The van der Waals surface area contributed by atoms with E-state index in [2.05, 4.69) is 10.3 Å². The van der Waals surface area contributed by atoms with Crippen LogP contribution in [0, 0.1) is 5.92 Å². The summed E-state index contributed by atoms with van der Waals surface area (Å²) in [5.74, 6) is 1.26. The smallest absolute Gasteiger partial charge is 0.261 e. The summed E-state index contributed by atoms with van der Waals surface area (Å²) in [4.78, 5) is 29.5. The van der Waals surface area contributed by atoms with Crippen molar-refractivity contribution in [3.05, 3.63) is 46.4 Å². The van der Waals surface area contributed by atoms with Gasteiger partial charge in [-0.2, -0.15) is 0 Å². The van der Waals surface area contributed by atoms with Crippen molar-refractivity contribution >= 4 is 18.3 Å². The zero-order valence-electron chi connectivity index (χ0n) is 14.6. The normalized spacial score (nSPS) is 17.8. The lowest BCUT2D eigenvalue weighted by molar-refractivity contribution is 0.0703. The summed E-state index contributed by atoms with van der Waals surface area (Å²) in [6.07, 6.45) is 6.14. The zero-order valence-corrected chi connectivity index (χ0v) is 15.4. The maximum atomic E-state index is 12.7. The first kappa shape index (κ1) is 18.7. The molecule has 0 bridgehead atoms. The van der Waals surface area contributed by atoms with E-state index < -0.39 is 0 Å². The second kappa shape index (κ2) is 8.10. The highest BCUT2D eigenvalue weighted by Gasteiger charge is 2.27. The SMILES string of the molecule is Cl.O=C(c1ccc(-c2ccco2)[nH]c1=O)N1CCC(NCC2CC2)CC1. The second-order valence-electron chi connectivity index (χ2n) is 7.01. The fourth-order valence-corrected chi connectivity index (χ4v) is 3.33. The number of nitrogens with zero attached hydrogens (tertiary/aromatic N) is 1. The Hall–Kier alpha value is -2.05. The molecule has 2 fully saturated rings. The quantitative estimate of drug-likeness (QED) is 0.839. The van der Waals surface area contributed by atoms with Crippen molar-refractivity contribution in [1.29, 1.82) is 0 Å². The van der Waals surface area contributed by atoms with Crippen LogP contribution in [0.1, 0.15) is 36.0 Å². The van der Waals surface area contributed by atoms with Gasteiger partial charge < -0.3 is 19.6 Å². The Kier molecular flexibility index (Phi) is 5.84. The van der Waals surface area contributed by atoms with E-state index in [9.17, 15) is 9.59 Å². The number of amides is 1. The van der Waals surface area contributed by atoms with Gasteiger partial charge in [-0.05, 0) is 62.4 Å². The molecule has 1 aliphatic heterocycles. The van der Waals surface area contributed by atoms with Crippen LogP contribution in [0.3, 0.4) is 0 Å². The topological polar surface area (TPSA) is 78.3 Å². The summed E-state index contributed by atoms with van der Waals surface area (Å²) < 4.78 is 5.27. The van der Waals surface area contributed by atoms with Gasteiger partial charge in [0.1, 0.15) is 11.3 Å². The highest BCUT2D eigenvalue weighted by Crippen LogP contribution is 2.28. The fraction of sp³-hybridized carbons (Fsp3) is 0.474. The van der Waals surface area contributed by atoms with E-state index in [4.69, 9.17) is 4.42 Å². The first-order valence-electron chi connectivity index (χ1n) is 9.00. The van der Waals surface area contributed by atoms with Crippen molar-refractivity contribution in [1.82, 2.24) is 15.2 Å². The minimum absolute atomic E-state index is 0. The third kappa shape index (κ3) is 4.19. The van der Waals surface area contributed by atoms with Crippen LogP contribution in [-0.4, -0.2) is 41.5 Å². The molecule has 3 heterocycles. The van der Waals surface area contributed by atoms with Crippen LogP contribution in [0.15, 0.2) is 39.7 Å². The first-order valence-corrected chi connectivity index (χ1v) is 9.00. The van der Waals surface area contributed by atoms with Crippen molar-refractivity contribution in [2.45, 2.75) is 31.7 Å². The van der Waals surface area contributed by atoms with E-state index in [0.29, 0.717) is 30.6 Å². The number of halogens is 1. The maximum Gasteiger partial charge on any atom is 0.261 e. The molecule has 2 aromatic heterocycles. The molecule has 0 unspecified atom stereocenters. The van der Waals surface area contributed by atoms with Crippen molar-refractivity contribution in [2.24, 2.45) is 5.92 Å². The molecule has 2 aromatic rings. The van der Waals surface area contributed by atoms with Crippen LogP contribution < -0.4 is 10.9 Å². The van der Waals surface area contributed by atoms with Gasteiger partial charge in [-0.25, -0.2) is 0 Å². The molecular weight excluding hydrogens is 354 g/mol. The number of carbonyl (C=O) groups excluding carboxylic acids is 1. The standard InChI is InChI=1S/C19H23N3O3.ClH/c23-18-15(5-6-16(21-18)17-2-1-11-25-17)19(24)22-9-7-14(8-10-22)20-12-13-3-4-13;/h1-2,5-6,11,13-14,20H,3-4,7-10,12H2,(H,21,23);1H. The molecule has 0 aromatic carbocycles. The van der Waals surface area contributed by atoms with Gasteiger partial charge in [0.15, 0.2) is 0 Å². The van der Waals surface area contributed by atoms with Gasteiger partial charge in [0.2, 0.25) is 0 Å². The number of rotatable bonds is 5. The summed E-state index contributed by atoms with van der Waals surface area (Å²) in [6, 6.07) is 7.33. The lowest BCUT2D eigenvalue weighted by Gasteiger charge is -2.32. The summed E-state index contributed by atoms with van der Waals surface area (Å²) in [7, 11) is 0. The number of furan rings is 1. The Balaban J connectivity index is 0.00000196. The number of aromatic amines is 1. The van der Waals surface area contributed by atoms with Gasteiger partial charge in [-0.1, -0.05) is 0 Å². The number of pyridine rings is 1. The molecule has 0 radical (unpaired) electrons. The molecule has 140 valence electrons. The highest BCUT2D eigenvalue weighted by molar-refractivity contribution is 5.94. The number of H-pyrrole nitrogens is 1. The third-order valence-corrected chi connectivity index (χ3v) is 5.10. The maximum absolute atomic E-state index is 12.7.